The standard InChI is InChI=1S/C27H29N5O2/c28-25-24-23(20-8-4-9-22(14-20)34-17-19-6-2-1-3-7-19)30-26(32(24)13-10-29-25)21-15-27(33,16-21)18-31-11-5-12-31/h1-4,6-10,13-14,21,33H,5,11-12,15-18H2,(H2,28,29). The van der Waals surface area contributed by atoms with Crippen LogP contribution < -0.4 is 10.5 Å². The van der Waals surface area contributed by atoms with Crippen LogP contribution in [0.3, 0.4) is 0 Å². The third kappa shape index (κ3) is 3.91. The second kappa shape index (κ2) is 8.42. The summed E-state index contributed by atoms with van der Waals surface area (Å²) in [6.45, 7) is 3.44. The van der Waals surface area contributed by atoms with E-state index >= 15 is 0 Å². The van der Waals surface area contributed by atoms with E-state index in [4.69, 9.17) is 15.5 Å². The summed E-state index contributed by atoms with van der Waals surface area (Å²) in [7, 11) is 0. The Balaban J connectivity index is 1.28. The van der Waals surface area contributed by atoms with Gasteiger partial charge < -0.3 is 20.5 Å². The molecule has 1 saturated carbocycles. The summed E-state index contributed by atoms with van der Waals surface area (Å²) in [5.74, 6) is 2.34. The zero-order chi connectivity index (χ0) is 23.1. The number of β-amino-alcohol motifs (C(OH)–C–C–N with tert-alkyl or cyclic N) is 1. The zero-order valence-corrected chi connectivity index (χ0v) is 19.1. The molecule has 0 atom stereocenters. The van der Waals surface area contributed by atoms with Crippen molar-refractivity contribution in [3.8, 4) is 17.0 Å². The topological polar surface area (TPSA) is 88.9 Å². The molecule has 174 valence electrons. The molecule has 3 heterocycles. The van der Waals surface area contributed by atoms with E-state index in [1.807, 2.05) is 65.2 Å². The second-order valence-electron chi connectivity index (χ2n) is 9.61. The van der Waals surface area contributed by atoms with Crippen LogP contribution in [0.4, 0.5) is 5.82 Å². The van der Waals surface area contributed by atoms with Crippen molar-refractivity contribution in [2.75, 3.05) is 25.4 Å². The Kier molecular flexibility index (Phi) is 5.23. The van der Waals surface area contributed by atoms with E-state index in [0.717, 1.165) is 53.5 Å². The van der Waals surface area contributed by atoms with Gasteiger partial charge in [0.25, 0.3) is 0 Å². The summed E-state index contributed by atoms with van der Waals surface area (Å²) in [5, 5.41) is 11.0. The Morgan fingerprint density at radius 2 is 1.91 bits per heavy atom. The van der Waals surface area contributed by atoms with Gasteiger partial charge in [-0.3, -0.25) is 4.40 Å². The molecule has 3 N–H and O–H groups in total. The molecule has 7 heteroatoms. The first-order valence-corrected chi connectivity index (χ1v) is 11.9. The molecule has 4 aromatic rings. The fraction of sp³-hybridized carbons (Fsp3) is 0.333. The lowest BCUT2D eigenvalue weighted by Crippen LogP contribution is -2.54. The molecule has 1 aliphatic heterocycles. The number of fused-ring (bicyclic) bond motifs is 1. The largest absolute Gasteiger partial charge is 0.489 e. The Morgan fingerprint density at radius 1 is 1.09 bits per heavy atom. The van der Waals surface area contributed by atoms with Crippen LogP contribution in [-0.4, -0.2) is 49.6 Å². The number of aliphatic hydroxyl groups is 1. The number of benzene rings is 2. The van der Waals surface area contributed by atoms with E-state index in [1.165, 1.54) is 6.42 Å². The molecule has 6 rings (SSSR count). The van der Waals surface area contributed by atoms with Crippen LogP contribution in [0.2, 0.25) is 0 Å². The van der Waals surface area contributed by atoms with Crippen LogP contribution in [0.15, 0.2) is 67.0 Å². The van der Waals surface area contributed by atoms with Gasteiger partial charge >= 0.3 is 0 Å². The highest BCUT2D eigenvalue weighted by Gasteiger charge is 2.46. The van der Waals surface area contributed by atoms with Gasteiger partial charge in [0.1, 0.15) is 35.2 Å². The monoisotopic (exact) mass is 455 g/mol. The first-order chi connectivity index (χ1) is 16.6. The molecule has 0 unspecified atom stereocenters. The number of likely N-dealkylation sites (tertiary alicyclic amines) is 1. The maximum Gasteiger partial charge on any atom is 0.150 e. The molecule has 2 aromatic carbocycles. The van der Waals surface area contributed by atoms with Gasteiger partial charge in [-0.2, -0.15) is 0 Å². The highest BCUT2D eigenvalue weighted by atomic mass is 16.5. The van der Waals surface area contributed by atoms with Crippen molar-refractivity contribution < 1.29 is 9.84 Å². The summed E-state index contributed by atoms with van der Waals surface area (Å²) >= 11 is 0. The maximum atomic E-state index is 11.0. The molecule has 0 bridgehead atoms. The fourth-order valence-corrected chi connectivity index (χ4v) is 5.18. The van der Waals surface area contributed by atoms with Gasteiger partial charge in [-0.1, -0.05) is 42.5 Å². The van der Waals surface area contributed by atoms with Crippen LogP contribution in [-0.2, 0) is 6.61 Å². The lowest BCUT2D eigenvalue weighted by atomic mass is 9.70. The number of anilines is 1. The van der Waals surface area contributed by atoms with Crippen LogP contribution in [0, 0.1) is 0 Å². The van der Waals surface area contributed by atoms with Crippen LogP contribution in [0.25, 0.3) is 16.8 Å². The van der Waals surface area contributed by atoms with Crippen LogP contribution in [0.5, 0.6) is 5.75 Å². The second-order valence-corrected chi connectivity index (χ2v) is 9.61. The molecular formula is C27H29N5O2. The average Bonchev–Trinajstić information content (AvgIpc) is 3.20. The molecule has 2 aromatic heterocycles. The predicted octanol–water partition coefficient (Wildman–Crippen LogP) is 3.87. The third-order valence-electron chi connectivity index (χ3n) is 7.05. The van der Waals surface area contributed by atoms with Gasteiger partial charge in [0.2, 0.25) is 0 Å². The quantitative estimate of drug-likeness (QED) is 0.440. The van der Waals surface area contributed by atoms with Crippen molar-refractivity contribution >= 4 is 11.3 Å². The molecule has 1 saturated heterocycles. The molecule has 0 amide bonds. The first kappa shape index (κ1) is 21.1. The van der Waals surface area contributed by atoms with Gasteiger partial charge in [-0.05, 0) is 50.0 Å². The van der Waals surface area contributed by atoms with Gasteiger partial charge in [-0.25, -0.2) is 9.97 Å². The number of nitrogens with zero attached hydrogens (tertiary/aromatic N) is 4. The normalized spacial score (nSPS) is 22.3. The summed E-state index contributed by atoms with van der Waals surface area (Å²) in [6.07, 6.45) is 6.28. The van der Waals surface area contributed by atoms with E-state index in [2.05, 4.69) is 9.88 Å². The minimum absolute atomic E-state index is 0.187. The first-order valence-electron chi connectivity index (χ1n) is 11.9. The van der Waals surface area contributed by atoms with Gasteiger partial charge in [0.15, 0.2) is 0 Å². The number of rotatable bonds is 7. The van der Waals surface area contributed by atoms with E-state index in [-0.39, 0.29) is 5.92 Å². The van der Waals surface area contributed by atoms with Gasteiger partial charge in [0.05, 0.1) is 5.60 Å². The Labute approximate surface area is 198 Å². The number of nitrogen functional groups attached to an aromatic ring is 1. The molecular weight excluding hydrogens is 426 g/mol. The van der Waals surface area contributed by atoms with Crippen molar-refractivity contribution in [2.24, 2.45) is 0 Å². The highest BCUT2D eigenvalue weighted by Crippen LogP contribution is 2.46. The predicted molar refractivity (Wildman–Crippen MR) is 132 cm³/mol. The zero-order valence-electron chi connectivity index (χ0n) is 19.1. The molecule has 2 aliphatic rings. The summed E-state index contributed by atoms with van der Waals surface area (Å²) < 4.78 is 8.09. The fourth-order valence-electron chi connectivity index (χ4n) is 5.18. The number of imidazole rings is 1. The maximum absolute atomic E-state index is 11.0. The molecule has 2 fully saturated rings. The van der Waals surface area contributed by atoms with Gasteiger partial charge in [-0.15, -0.1) is 0 Å². The highest BCUT2D eigenvalue weighted by molar-refractivity contribution is 5.85. The number of hydrogen-bond donors (Lipinski definition) is 2. The lowest BCUT2D eigenvalue weighted by molar-refractivity contribution is -0.0835. The smallest absolute Gasteiger partial charge is 0.150 e. The Bertz CT molecular complexity index is 1310. The minimum atomic E-state index is -0.624. The molecule has 0 spiro atoms. The van der Waals surface area contributed by atoms with Crippen molar-refractivity contribution in [2.45, 2.75) is 37.4 Å². The third-order valence-corrected chi connectivity index (χ3v) is 7.05. The minimum Gasteiger partial charge on any atom is -0.489 e. The lowest BCUT2D eigenvalue weighted by Gasteiger charge is -2.47. The van der Waals surface area contributed by atoms with Crippen molar-refractivity contribution in [1.82, 2.24) is 19.3 Å². The summed E-state index contributed by atoms with van der Waals surface area (Å²) in [5.41, 5.74) is 9.35. The van der Waals surface area contributed by atoms with Crippen LogP contribution in [0.1, 0.15) is 36.6 Å². The van der Waals surface area contributed by atoms with Crippen molar-refractivity contribution in [1.29, 1.82) is 0 Å². The number of hydrogen-bond acceptors (Lipinski definition) is 6. The van der Waals surface area contributed by atoms with Crippen molar-refractivity contribution in [3.05, 3.63) is 78.4 Å². The summed E-state index contributed by atoms with van der Waals surface area (Å²) in [6, 6.07) is 18.1. The number of aromatic nitrogens is 3. The van der Waals surface area contributed by atoms with Crippen LogP contribution >= 0.6 is 0 Å². The molecule has 0 radical (unpaired) electrons. The SMILES string of the molecule is Nc1nccn2c(C3CC(O)(CN4CCC4)C3)nc(-c3cccc(OCc4ccccc4)c3)c12. The average molecular weight is 456 g/mol. The number of ether oxygens (including phenoxy) is 1. The van der Waals surface area contributed by atoms with E-state index in [9.17, 15) is 5.11 Å². The van der Waals surface area contributed by atoms with E-state index < -0.39 is 5.60 Å². The molecule has 34 heavy (non-hydrogen) atoms. The van der Waals surface area contributed by atoms with Crippen molar-refractivity contribution in [3.63, 3.8) is 0 Å². The number of nitrogens with two attached hydrogens (primary N) is 1. The Morgan fingerprint density at radius 3 is 2.68 bits per heavy atom. The Hall–Kier alpha value is -3.42. The summed E-state index contributed by atoms with van der Waals surface area (Å²) in [4.78, 5) is 11.7. The van der Waals surface area contributed by atoms with Gasteiger partial charge in [0, 0.05) is 30.4 Å². The molecule has 7 nitrogen and oxygen atoms in total. The molecule has 1 aliphatic carbocycles. The van der Waals surface area contributed by atoms with E-state index in [1.54, 1.807) is 6.20 Å². The van der Waals surface area contributed by atoms with E-state index in [0.29, 0.717) is 25.3 Å².